The molecule has 0 heterocycles. The van der Waals surface area contributed by atoms with Crippen molar-refractivity contribution in [2.75, 3.05) is 0 Å². The van der Waals surface area contributed by atoms with Gasteiger partial charge in [0, 0.05) is 6.04 Å². The number of benzene rings is 1. The standard InChI is InChI=1S/C13H18FNO2/c1-8(2)12(13(16)17)15-9(3)10-5-4-6-11(14)7-10/h4-9,12,15H,1-3H3,(H,16,17)/t9-,12?/m0/s1. The second-order valence-electron chi connectivity index (χ2n) is 4.50. The summed E-state index contributed by atoms with van der Waals surface area (Å²) >= 11 is 0. The van der Waals surface area contributed by atoms with Crippen LogP contribution in [0.2, 0.25) is 0 Å². The number of hydrogen-bond acceptors (Lipinski definition) is 2. The highest BCUT2D eigenvalue weighted by Crippen LogP contribution is 2.16. The maximum Gasteiger partial charge on any atom is 0.320 e. The van der Waals surface area contributed by atoms with Gasteiger partial charge < -0.3 is 5.11 Å². The zero-order valence-electron chi connectivity index (χ0n) is 10.3. The average molecular weight is 239 g/mol. The monoisotopic (exact) mass is 239 g/mol. The Labute approximate surface area is 101 Å². The zero-order chi connectivity index (χ0) is 13.0. The van der Waals surface area contributed by atoms with E-state index in [4.69, 9.17) is 5.11 Å². The van der Waals surface area contributed by atoms with Crippen LogP contribution in [0.15, 0.2) is 24.3 Å². The molecule has 4 heteroatoms. The molecule has 17 heavy (non-hydrogen) atoms. The molecule has 1 aromatic carbocycles. The van der Waals surface area contributed by atoms with Crippen molar-refractivity contribution in [1.82, 2.24) is 5.32 Å². The van der Waals surface area contributed by atoms with E-state index in [1.165, 1.54) is 12.1 Å². The van der Waals surface area contributed by atoms with Gasteiger partial charge in [0.25, 0.3) is 0 Å². The van der Waals surface area contributed by atoms with Crippen molar-refractivity contribution in [3.8, 4) is 0 Å². The van der Waals surface area contributed by atoms with Gasteiger partial charge in [0.1, 0.15) is 11.9 Å². The lowest BCUT2D eigenvalue weighted by molar-refractivity contribution is -0.140. The van der Waals surface area contributed by atoms with Gasteiger partial charge in [0.15, 0.2) is 0 Å². The molecule has 1 unspecified atom stereocenters. The van der Waals surface area contributed by atoms with Crippen LogP contribution in [0.1, 0.15) is 32.4 Å². The smallest absolute Gasteiger partial charge is 0.320 e. The fourth-order valence-corrected chi connectivity index (χ4v) is 1.69. The van der Waals surface area contributed by atoms with Gasteiger partial charge in [0.05, 0.1) is 0 Å². The van der Waals surface area contributed by atoms with E-state index in [1.54, 1.807) is 12.1 Å². The van der Waals surface area contributed by atoms with Crippen LogP contribution in [0.5, 0.6) is 0 Å². The predicted molar refractivity (Wildman–Crippen MR) is 64.2 cm³/mol. The lowest BCUT2D eigenvalue weighted by Crippen LogP contribution is -2.42. The van der Waals surface area contributed by atoms with Crippen LogP contribution in [0.25, 0.3) is 0 Å². The second kappa shape index (κ2) is 5.77. The van der Waals surface area contributed by atoms with Crippen molar-refractivity contribution in [3.05, 3.63) is 35.6 Å². The quantitative estimate of drug-likeness (QED) is 0.830. The molecule has 0 bridgehead atoms. The minimum atomic E-state index is -0.886. The minimum absolute atomic E-state index is 0.0245. The summed E-state index contributed by atoms with van der Waals surface area (Å²) in [6.07, 6.45) is 0. The molecule has 0 aliphatic rings. The summed E-state index contributed by atoms with van der Waals surface area (Å²) in [4.78, 5) is 11.0. The van der Waals surface area contributed by atoms with Crippen LogP contribution in [0.3, 0.4) is 0 Å². The number of rotatable bonds is 5. The molecule has 0 saturated heterocycles. The molecular formula is C13H18FNO2. The summed E-state index contributed by atoms with van der Waals surface area (Å²) in [7, 11) is 0. The van der Waals surface area contributed by atoms with Gasteiger partial charge in [-0.2, -0.15) is 0 Å². The lowest BCUT2D eigenvalue weighted by atomic mass is 10.0. The molecule has 3 nitrogen and oxygen atoms in total. The van der Waals surface area contributed by atoms with Crippen molar-refractivity contribution in [2.45, 2.75) is 32.9 Å². The van der Waals surface area contributed by atoms with E-state index in [0.717, 1.165) is 5.56 Å². The Morgan fingerprint density at radius 2 is 2.00 bits per heavy atom. The molecule has 0 radical (unpaired) electrons. The first kappa shape index (κ1) is 13.6. The van der Waals surface area contributed by atoms with Gasteiger partial charge in [0.2, 0.25) is 0 Å². The third-order valence-corrected chi connectivity index (χ3v) is 2.71. The zero-order valence-corrected chi connectivity index (χ0v) is 10.3. The molecule has 1 rings (SSSR count). The number of halogens is 1. The van der Waals surface area contributed by atoms with Crippen LogP contribution >= 0.6 is 0 Å². The van der Waals surface area contributed by atoms with E-state index in [1.807, 2.05) is 20.8 Å². The number of nitrogens with one attached hydrogen (secondary N) is 1. The van der Waals surface area contributed by atoms with Gasteiger partial charge in [-0.1, -0.05) is 26.0 Å². The summed E-state index contributed by atoms with van der Waals surface area (Å²) in [5, 5.41) is 12.1. The van der Waals surface area contributed by atoms with E-state index in [9.17, 15) is 9.18 Å². The first-order valence-corrected chi connectivity index (χ1v) is 5.66. The lowest BCUT2D eigenvalue weighted by Gasteiger charge is -2.23. The Bertz CT molecular complexity index is 393. The fourth-order valence-electron chi connectivity index (χ4n) is 1.69. The summed E-state index contributed by atoms with van der Waals surface area (Å²) < 4.78 is 13.0. The summed E-state index contributed by atoms with van der Waals surface area (Å²) in [5.41, 5.74) is 0.747. The predicted octanol–water partition coefficient (Wildman–Crippen LogP) is 2.59. The normalized spacial score (nSPS) is 14.6. The van der Waals surface area contributed by atoms with Gasteiger partial charge in [-0.15, -0.1) is 0 Å². The topological polar surface area (TPSA) is 49.3 Å². The first-order valence-electron chi connectivity index (χ1n) is 5.66. The molecule has 0 amide bonds. The number of aliphatic carboxylic acids is 1. The second-order valence-corrected chi connectivity index (χ2v) is 4.50. The van der Waals surface area contributed by atoms with E-state index >= 15 is 0 Å². The third kappa shape index (κ3) is 3.82. The maximum atomic E-state index is 13.0. The minimum Gasteiger partial charge on any atom is -0.480 e. The Morgan fingerprint density at radius 1 is 1.35 bits per heavy atom. The fraction of sp³-hybridized carbons (Fsp3) is 0.462. The molecule has 0 spiro atoms. The van der Waals surface area contributed by atoms with E-state index < -0.39 is 12.0 Å². The molecule has 2 N–H and O–H groups in total. The Hall–Kier alpha value is -1.42. The number of hydrogen-bond donors (Lipinski definition) is 2. The van der Waals surface area contributed by atoms with Crippen molar-refractivity contribution in [3.63, 3.8) is 0 Å². The van der Waals surface area contributed by atoms with Crippen LogP contribution in [0, 0.1) is 11.7 Å². The largest absolute Gasteiger partial charge is 0.480 e. The Morgan fingerprint density at radius 3 is 2.47 bits per heavy atom. The molecule has 0 aliphatic carbocycles. The van der Waals surface area contributed by atoms with Crippen molar-refractivity contribution in [1.29, 1.82) is 0 Å². The van der Waals surface area contributed by atoms with Crippen molar-refractivity contribution >= 4 is 5.97 Å². The van der Waals surface area contributed by atoms with Gasteiger partial charge in [-0.25, -0.2) is 4.39 Å². The third-order valence-electron chi connectivity index (χ3n) is 2.71. The van der Waals surface area contributed by atoms with E-state index in [2.05, 4.69) is 5.32 Å². The van der Waals surface area contributed by atoms with Crippen molar-refractivity contribution < 1.29 is 14.3 Å². The number of carboxylic acids is 1. The molecule has 0 saturated carbocycles. The molecular weight excluding hydrogens is 221 g/mol. The van der Waals surface area contributed by atoms with Gasteiger partial charge >= 0.3 is 5.97 Å². The molecule has 0 aliphatic heterocycles. The molecule has 94 valence electrons. The molecule has 0 aromatic heterocycles. The Balaban J connectivity index is 2.77. The van der Waals surface area contributed by atoms with Crippen LogP contribution in [-0.4, -0.2) is 17.1 Å². The summed E-state index contributed by atoms with van der Waals surface area (Å²) in [6.45, 7) is 5.50. The van der Waals surface area contributed by atoms with Gasteiger partial charge in [-0.05, 0) is 30.5 Å². The summed E-state index contributed by atoms with van der Waals surface area (Å²) in [6, 6.07) is 5.35. The molecule has 0 fully saturated rings. The molecule has 2 atom stereocenters. The van der Waals surface area contributed by atoms with Crippen LogP contribution < -0.4 is 5.32 Å². The van der Waals surface area contributed by atoms with E-state index in [-0.39, 0.29) is 17.8 Å². The molecule has 1 aromatic rings. The van der Waals surface area contributed by atoms with E-state index in [0.29, 0.717) is 0 Å². The number of carbonyl (C=O) groups is 1. The highest BCUT2D eigenvalue weighted by Gasteiger charge is 2.23. The number of carboxylic acid groups (broad SMARTS) is 1. The highest BCUT2D eigenvalue weighted by atomic mass is 19.1. The summed E-state index contributed by atoms with van der Waals surface area (Å²) in [5.74, 6) is -1.22. The van der Waals surface area contributed by atoms with Crippen molar-refractivity contribution in [2.24, 2.45) is 5.92 Å². The van der Waals surface area contributed by atoms with Gasteiger partial charge in [-0.3, -0.25) is 10.1 Å². The van der Waals surface area contributed by atoms with Crippen LogP contribution in [-0.2, 0) is 4.79 Å². The van der Waals surface area contributed by atoms with Crippen LogP contribution in [0.4, 0.5) is 4.39 Å². The SMILES string of the molecule is CC(C)C(N[C@@H](C)c1cccc(F)c1)C(=O)O. The first-order chi connectivity index (χ1) is 7.91. The highest BCUT2D eigenvalue weighted by molar-refractivity contribution is 5.73. The Kier molecular flexibility index (Phi) is 4.63. The average Bonchev–Trinajstić information content (AvgIpc) is 2.24. The maximum absolute atomic E-state index is 13.0.